The lowest BCUT2D eigenvalue weighted by atomic mass is 10.0. The smallest absolute Gasteiger partial charge is 0.319 e. The first-order chi connectivity index (χ1) is 12.2. The number of carbonyl (C=O) groups excluding carboxylic acids is 2. The number of likely N-dealkylation sites (tertiary alicyclic amines) is 1. The van der Waals surface area contributed by atoms with E-state index in [1.165, 1.54) is 0 Å². The number of benzene rings is 1. The van der Waals surface area contributed by atoms with Crippen LogP contribution in [0.25, 0.3) is 0 Å². The van der Waals surface area contributed by atoms with Crippen molar-refractivity contribution < 1.29 is 14.0 Å². The molecular formula is C18H21FN4O2. The molecule has 1 saturated heterocycles. The van der Waals surface area contributed by atoms with Crippen LogP contribution in [0.2, 0.25) is 0 Å². The lowest BCUT2D eigenvalue weighted by Crippen LogP contribution is -2.47. The third kappa shape index (κ3) is 4.37. The van der Waals surface area contributed by atoms with E-state index in [0.29, 0.717) is 42.7 Å². The summed E-state index contributed by atoms with van der Waals surface area (Å²) in [6.07, 6.45) is 4.84. The highest BCUT2D eigenvalue weighted by Gasteiger charge is 2.24. The summed E-state index contributed by atoms with van der Waals surface area (Å²) in [5, 5.41) is 5.66. The molecule has 1 aromatic carbocycles. The van der Waals surface area contributed by atoms with Gasteiger partial charge >= 0.3 is 6.03 Å². The molecule has 25 heavy (non-hydrogen) atoms. The average molecular weight is 344 g/mol. The largest absolute Gasteiger partial charge is 0.367 e. The third-order valence-corrected chi connectivity index (χ3v) is 4.33. The number of aromatic amines is 1. The molecule has 3 N–H and O–H groups in total. The minimum atomic E-state index is -0.521. The van der Waals surface area contributed by atoms with Crippen LogP contribution in [0.3, 0.4) is 0 Å². The lowest BCUT2D eigenvalue weighted by Gasteiger charge is -2.32. The minimum Gasteiger partial charge on any atom is -0.367 e. The van der Waals surface area contributed by atoms with Crippen LogP contribution >= 0.6 is 0 Å². The van der Waals surface area contributed by atoms with Crippen LogP contribution in [-0.4, -0.2) is 41.0 Å². The molecule has 3 rings (SSSR count). The molecule has 0 atom stereocenters. The third-order valence-electron chi connectivity index (χ3n) is 4.33. The summed E-state index contributed by atoms with van der Waals surface area (Å²) in [5.41, 5.74) is 1.85. The number of anilines is 1. The summed E-state index contributed by atoms with van der Waals surface area (Å²) in [7, 11) is 0. The molecule has 0 saturated carbocycles. The van der Waals surface area contributed by atoms with Crippen molar-refractivity contribution in [3.8, 4) is 0 Å². The summed E-state index contributed by atoms with van der Waals surface area (Å²) in [4.78, 5) is 29.0. The Morgan fingerprint density at radius 2 is 1.88 bits per heavy atom. The second-order valence-electron chi connectivity index (χ2n) is 6.10. The number of H-pyrrole nitrogens is 1. The zero-order valence-corrected chi connectivity index (χ0v) is 13.8. The number of amides is 3. The van der Waals surface area contributed by atoms with E-state index in [4.69, 9.17) is 0 Å². The molecule has 1 aliphatic heterocycles. The van der Waals surface area contributed by atoms with E-state index in [1.807, 2.05) is 0 Å². The Labute approximate surface area is 145 Å². The highest BCUT2D eigenvalue weighted by atomic mass is 19.1. The quantitative estimate of drug-likeness (QED) is 0.797. The van der Waals surface area contributed by atoms with Crippen LogP contribution in [0.1, 0.15) is 28.8 Å². The molecule has 0 unspecified atom stereocenters. The van der Waals surface area contributed by atoms with Gasteiger partial charge in [-0.3, -0.25) is 4.79 Å². The molecule has 1 aliphatic rings. The maximum Gasteiger partial charge on any atom is 0.319 e. The van der Waals surface area contributed by atoms with Crippen molar-refractivity contribution in [3.05, 3.63) is 53.9 Å². The Morgan fingerprint density at radius 1 is 1.16 bits per heavy atom. The summed E-state index contributed by atoms with van der Waals surface area (Å²) in [6.45, 7) is 0.701. The standard InChI is InChI=1S/C18H21FN4O2/c19-11-13-1-3-15(4-2-13)21-18(25)22-16-6-9-23(10-7-16)17(24)14-5-8-20-12-14/h1-5,8,12,16,20H,6-7,9-11H2,(H2,21,22,25). The van der Waals surface area contributed by atoms with Gasteiger partial charge in [-0.1, -0.05) is 12.1 Å². The summed E-state index contributed by atoms with van der Waals surface area (Å²) in [6, 6.07) is 8.12. The topological polar surface area (TPSA) is 77.2 Å². The Hall–Kier alpha value is -2.83. The number of hydrogen-bond donors (Lipinski definition) is 3. The van der Waals surface area contributed by atoms with Crippen LogP contribution < -0.4 is 10.6 Å². The second kappa shape index (κ2) is 7.83. The molecule has 1 aromatic heterocycles. The van der Waals surface area contributed by atoms with Gasteiger partial charge in [-0.15, -0.1) is 0 Å². The zero-order chi connectivity index (χ0) is 17.6. The van der Waals surface area contributed by atoms with Gasteiger partial charge in [0.1, 0.15) is 6.67 Å². The monoisotopic (exact) mass is 344 g/mol. The molecule has 2 heterocycles. The van der Waals surface area contributed by atoms with Gasteiger partial charge in [-0.25, -0.2) is 9.18 Å². The van der Waals surface area contributed by atoms with E-state index in [2.05, 4.69) is 15.6 Å². The molecule has 0 spiro atoms. The van der Waals surface area contributed by atoms with Crippen molar-refractivity contribution in [2.24, 2.45) is 0 Å². The van der Waals surface area contributed by atoms with Gasteiger partial charge < -0.3 is 20.5 Å². The fraction of sp³-hybridized carbons (Fsp3) is 0.333. The molecule has 0 bridgehead atoms. The van der Waals surface area contributed by atoms with Crippen LogP contribution in [0, 0.1) is 0 Å². The van der Waals surface area contributed by atoms with Gasteiger partial charge in [0.05, 0.1) is 5.56 Å². The number of urea groups is 1. The first kappa shape index (κ1) is 17.0. The van der Waals surface area contributed by atoms with Crippen LogP contribution in [0.4, 0.5) is 14.9 Å². The van der Waals surface area contributed by atoms with Crippen molar-refractivity contribution in [1.82, 2.24) is 15.2 Å². The molecule has 0 radical (unpaired) electrons. The number of alkyl halides is 1. The first-order valence-corrected chi connectivity index (χ1v) is 8.30. The molecule has 6 nitrogen and oxygen atoms in total. The summed E-state index contributed by atoms with van der Waals surface area (Å²) < 4.78 is 12.5. The molecule has 1 fully saturated rings. The van der Waals surface area contributed by atoms with Crippen molar-refractivity contribution in [2.45, 2.75) is 25.6 Å². The van der Waals surface area contributed by atoms with E-state index >= 15 is 0 Å². The predicted molar refractivity (Wildman–Crippen MR) is 93.1 cm³/mol. The number of hydrogen-bond acceptors (Lipinski definition) is 2. The maximum atomic E-state index is 12.5. The second-order valence-corrected chi connectivity index (χ2v) is 6.10. The Kier molecular flexibility index (Phi) is 5.33. The predicted octanol–water partition coefficient (Wildman–Crippen LogP) is 2.91. The van der Waals surface area contributed by atoms with Crippen molar-refractivity contribution >= 4 is 17.6 Å². The Bertz CT molecular complexity index is 707. The van der Waals surface area contributed by atoms with Gasteiger partial charge in [0.25, 0.3) is 5.91 Å². The van der Waals surface area contributed by atoms with Gasteiger partial charge in [0.2, 0.25) is 0 Å². The van der Waals surface area contributed by atoms with Gasteiger partial charge in [0, 0.05) is 37.2 Å². The van der Waals surface area contributed by atoms with Crippen molar-refractivity contribution in [1.29, 1.82) is 0 Å². The van der Waals surface area contributed by atoms with E-state index < -0.39 is 6.67 Å². The first-order valence-electron chi connectivity index (χ1n) is 8.30. The van der Waals surface area contributed by atoms with Gasteiger partial charge in [0.15, 0.2) is 0 Å². The molecule has 7 heteroatoms. The van der Waals surface area contributed by atoms with Crippen molar-refractivity contribution in [2.75, 3.05) is 18.4 Å². The lowest BCUT2D eigenvalue weighted by molar-refractivity contribution is 0.0709. The zero-order valence-electron chi connectivity index (χ0n) is 13.8. The molecule has 0 aliphatic carbocycles. The number of nitrogens with one attached hydrogen (secondary N) is 3. The van der Waals surface area contributed by atoms with Gasteiger partial charge in [-0.05, 0) is 36.6 Å². The van der Waals surface area contributed by atoms with E-state index in [9.17, 15) is 14.0 Å². The highest BCUT2D eigenvalue weighted by molar-refractivity contribution is 5.94. The number of aromatic nitrogens is 1. The maximum absolute atomic E-state index is 12.5. The normalized spacial score (nSPS) is 15.0. The fourth-order valence-corrected chi connectivity index (χ4v) is 2.90. The summed E-state index contributed by atoms with van der Waals surface area (Å²) >= 11 is 0. The number of rotatable bonds is 4. The van der Waals surface area contributed by atoms with Crippen LogP contribution in [-0.2, 0) is 6.67 Å². The van der Waals surface area contributed by atoms with E-state index in [-0.39, 0.29) is 18.0 Å². The molecular weight excluding hydrogens is 323 g/mol. The van der Waals surface area contributed by atoms with Crippen molar-refractivity contribution in [3.63, 3.8) is 0 Å². The SMILES string of the molecule is O=C(Nc1ccc(CF)cc1)NC1CCN(C(=O)c2cc[nH]c2)CC1. The molecule has 132 valence electrons. The summed E-state index contributed by atoms with van der Waals surface area (Å²) in [5.74, 6) is 0.0112. The van der Waals surface area contributed by atoms with Gasteiger partial charge in [-0.2, -0.15) is 0 Å². The number of carbonyl (C=O) groups is 2. The number of halogens is 1. The number of piperidine rings is 1. The number of nitrogens with zero attached hydrogens (tertiary/aromatic N) is 1. The fourth-order valence-electron chi connectivity index (χ4n) is 2.90. The van der Waals surface area contributed by atoms with E-state index in [0.717, 1.165) is 0 Å². The van der Waals surface area contributed by atoms with Crippen LogP contribution in [0.15, 0.2) is 42.7 Å². The average Bonchev–Trinajstić information content (AvgIpc) is 3.17. The minimum absolute atomic E-state index is 0.0112. The van der Waals surface area contributed by atoms with Crippen LogP contribution in [0.5, 0.6) is 0 Å². The Balaban J connectivity index is 1.45. The highest BCUT2D eigenvalue weighted by Crippen LogP contribution is 2.15. The molecule has 3 amide bonds. The molecule has 2 aromatic rings. The van der Waals surface area contributed by atoms with E-state index in [1.54, 1.807) is 47.6 Å². The Morgan fingerprint density at radius 3 is 2.48 bits per heavy atom.